The number of hydrogen-bond acceptors (Lipinski definition) is 0. The van der Waals surface area contributed by atoms with Crippen LogP contribution in [-0.2, 0) is 5.11 Å². The van der Waals surface area contributed by atoms with Crippen molar-refractivity contribution < 1.29 is 27.1 Å². The van der Waals surface area contributed by atoms with Crippen LogP contribution in [0.4, 0.5) is 22.0 Å². The summed E-state index contributed by atoms with van der Waals surface area (Å²) in [5.41, 5.74) is 0. The third-order valence-electron chi connectivity index (χ3n) is 1.32. The van der Waals surface area contributed by atoms with E-state index in [0.717, 1.165) is 0 Å². The van der Waals surface area contributed by atoms with Gasteiger partial charge in [0.1, 0.15) is 0 Å². The van der Waals surface area contributed by atoms with Crippen molar-refractivity contribution in [2.45, 2.75) is 38.0 Å². The van der Waals surface area contributed by atoms with Crippen molar-refractivity contribution in [3.05, 3.63) is 0 Å². The molecule has 1 unspecified atom stereocenters. The van der Waals surface area contributed by atoms with E-state index in [0.29, 0.717) is 0 Å². The molecule has 0 aliphatic heterocycles. The number of halogens is 5. The fraction of sp³-hybridized carbons (Fsp3) is 1.00. The van der Waals surface area contributed by atoms with E-state index in [1.54, 1.807) is 0 Å². The van der Waals surface area contributed by atoms with Crippen LogP contribution in [0.25, 0.3) is 0 Å². The SMILES string of the molecule is CCCC(F)C(F)(F)C([O])(F)F. The zero-order valence-corrected chi connectivity index (χ0v) is 6.29. The van der Waals surface area contributed by atoms with Crippen molar-refractivity contribution in [3.63, 3.8) is 0 Å². The minimum absolute atomic E-state index is 0.0210. The van der Waals surface area contributed by atoms with Gasteiger partial charge in [0.05, 0.1) is 0 Å². The van der Waals surface area contributed by atoms with E-state index < -0.39 is 24.6 Å². The molecule has 0 aliphatic carbocycles. The average Bonchev–Trinajstić information content (AvgIpc) is 1.85. The van der Waals surface area contributed by atoms with E-state index >= 15 is 0 Å². The Hall–Kier alpha value is -0.390. The molecule has 6 heteroatoms. The molecule has 0 aliphatic rings. The van der Waals surface area contributed by atoms with Crippen LogP contribution in [0.3, 0.4) is 0 Å². The van der Waals surface area contributed by atoms with E-state index in [2.05, 4.69) is 0 Å². The number of alkyl halides is 5. The summed E-state index contributed by atoms with van der Waals surface area (Å²) in [4.78, 5) is 0. The molecular weight excluding hydrogens is 183 g/mol. The average molecular weight is 191 g/mol. The van der Waals surface area contributed by atoms with Crippen molar-refractivity contribution in [2.24, 2.45) is 0 Å². The predicted octanol–water partition coefficient (Wildman–Crippen LogP) is 2.78. The largest absolute Gasteiger partial charge is 0.448 e. The van der Waals surface area contributed by atoms with Gasteiger partial charge in [-0.3, -0.25) is 0 Å². The molecule has 0 aromatic carbocycles. The van der Waals surface area contributed by atoms with Gasteiger partial charge >= 0.3 is 12.0 Å². The molecule has 0 saturated heterocycles. The Morgan fingerprint density at radius 3 is 1.92 bits per heavy atom. The van der Waals surface area contributed by atoms with E-state index in [1.807, 2.05) is 0 Å². The van der Waals surface area contributed by atoms with Crippen LogP contribution in [0.1, 0.15) is 19.8 Å². The summed E-state index contributed by atoms with van der Waals surface area (Å²) in [6.07, 6.45) is -9.38. The zero-order valence-electron chi connectivity index (χ0n) is 6.29. The second kappa shape index (κ2) is 3.55. The molecular formula is C6H8F5O. The van der Waals surface area contributed by atoms with Crippen molar-refractivity contribution >= 4 is 0 Å². The Balaban J connectivity index is 4.38. The van der Waals surface area contributed by atoms with Crippen molar-refractivity contribution in [1.82, 2.24) is 0 Å². The molecule has 0 aromatic rings. The highest BCUT2D eigenvalue weighted by Gasteiger charge is 2.62. The summed E-state index contributed by atoms with van der Waals surface area (Å²) in [5.74, 6) is -5.11. The molecule has 0 bridgehead atoms. The first-order chi connectivity index (χ1) is 5.23. The minimum atomic E-state index is -5.54. The van der Waals surface area contributed by atoms with Crippen LogP contribution in [0.15, 0.2) is 0 Å². The predicted molar refractivity (Wildman–Crippen MR) is 30.4 cm³/mol. The Kier molecular flexibility index (Phi) is 3.44. The highest BCUT2D eigenvalue weighted by Crippen LogP contribution is 2.38. The molecule has 0 aromatic heterocycles. The first kappa shape index (κ1) is 11.6. The lowest BCUT2D eigenvalue weighted by Crippen LogP contribution is -2.46. The lowest BCUT2D eigenvalue weighted by atomic mass is 10.1. The summed E-state index contributed by atoms with van der Waals surface area (Å²) < 4.78 is 59.5. The third-order valence-corrected chi connectivity index (χ3v) is 1.32. The van der Waals surface area contributed by atoms with Crippen LogP contribution in [0, 0.1) is 0 Å². The summed E-state index contributed by atoms with van der Waals surface area (Å²) in [6, 6.07) is 0. The van der Waals surface area contributed by atoms with Gasteiger partial charge in [0, 0.05) is 0 Å². The van der Waals surface area contributed by atoms with Gasteiger partial charge in [-0.25, -0.2) is 4.39 Å². The van der Waals surface area contributed by atoms with Gasteiger partial charge in [-0.15, -0.1) is 0 Å². The first-order valence-corrected chi connectivity index (χ1v) is 3.33. The van der Waals surface area contributed by atoms with Gasteiger partial charge in [0.25, 0.3) is 0 Å². The van der Waals surface area contributed by atoms with Gasteiger partial charge in [-0.05, 0) is 6.42 Å². The highest BCUT2D eigenvalue weighted by molar-refractivity contribution is 4.83. The molecule has 73 valence electrons. The fourth-order valence-electron chi connectivity index (χ4n) is 0.617. The van der Waals surface area contributed by atoms with Crippen molar-refractivity contribution in [2.75, 3.05) is 0 Å². The maximum atomic E-state index is 12.2. The van der Waals surface area contributed by atoms with Crippen molar-refractivity contribution in [3.8, 4) is 0 Å². The molecule has 0 fully saturated rings. The van der Waals surface area contributed by atoms with E-state index in [9.17, 15) is 27.1 Å². The fourth-order valence-corrected chi connectivity index (χ4v) is 0.617. The van der Waals surface area contributed by atoms with Crippen molar-refractivity contribution in [1.29, 1.82) is 0 Å². The second-order valence-corrected chi connectivity index (χ2v) is 2.40. The summed E-state index contributed by atoms with van der Waals surface area (Å²) in [7, 11) is 0. The Morgan fingerprint density at radius 1 is 1.25 bits per heavy atom. The lowest BCUT2D eigenvalue weighted by molar-refractivity contribution is -0.368. The molecule has 0 N–H and O–H groups in total. The van der Waals surface area contributed by atoms with Crippen LogP contribution in [0.2, 0.25) is 0 Å². The smallest absolute Gasteiger partial charge is 0.240 e. The molecule has 0 rings (SSSR count). The molecule has 1 atom stereocenters. The second-order valence-electron chi connectivity index (χ2n) is 2.40. The number of rotatable bonds is 4. The summed E-state index contributed by atoms with van der Waals surface area (Å²) in [5, 5.41) is 9.52. The van der Waals surface area contributed by atoms with E-state index in [-0.39, 0.29) is 6.42 Å². The Bertz CT molecular complexity index is 141. The Morgan fingerprint density at radius 2 is 1.67 bits per heavy atom. The van der Waals surface area contributed by atoms with Gasteiger partial charge in [-0.1, -0.05) is 13.3 Å². The molecule has 0 amide bonds. The lowest BCUT2D eigenvalue weighted by Gasteiger charge is -2.22. The van der Waals surface area contributed by atoms with Gasteiger partial charge in [-0.2, -0.15) is 22.7 Å². The molecule has 12 heavy (non-hydrogen) atoms. The topological polar surface area (TPSA) is 19.9 Å². The normalized spacial score (nSPS) is 16.2. The Labute approximate surface area is 66.2 Å². The standard InChI is InChI=1S/C6H8F5O/c1-2-3-4(7)5(8,9)6(10,11)12/h4H,2-3H2,1H3. The minimum Gasteiger partial charge on any atom is -0.240 e. The zero-order chi connectivity index (χ0) is 9.99. The van der Waals surface area contributed by atoms with Gasteiger partial charge < -0.3 is 0 Å². The molecule has 0 saturated carbocycles. The third kappa shape index (κ3) is 2.30. The van der Waals surface area contributed by atoms with Crippen LogP contribution in [-0.4, -0.2) is 18.2 Å². The molecule has 0 spiro atoms. The molecule has 1 radical (unpaired) electrons. The highest BCUT2D eigenvalue weighted by atomic mass is 19.3. The van der Waals surface area contributed by atoms with Crippen LogP contribution in [0.5, 0.6) is 0 Å². The number of hydrogen-bond donors (Lipinski definition) is 0. The summed E-state index contributed by atoms with van der Waals surface area (Å²) in [6.45, 7) is 1.35. The van der Waals surface area contributed by atoms with Crippen LogP contribution >= 0.6 is 0 Å². The first-order valence-electron chi connectivity index (χ1n) is 3.33. The maximum Gasteiger partial charge on any atom is 0.448 e. The van der Waals surface area contributed by atoms with E-state index in [1.165, 1.54) is 6.92 Å². The quantitative estimate of drug-likeness (QED) is 0.609. The van der Waals surface area contributed by atoms with Gasteiger partial charge in [0.15, 0.2) is 6.17 Å². The monoisotopic (exact) mass is 191 g/mol. The van der Waals surface area contributed by atoms with E-state index in [4.69, 9.17) is 0 Å². The maximum absolute atomic E-state index is 12.2. The van der Waals surface area contributed by atoms with Gasteiger partial charge in [0.2, 0.25) is 0 Å². The molecule has 1 nitrogen and oxygen atoms in total. The molecule has 0 heterocycles. The van der Waals surface area contributed by atoms with Crippen LogP contribution < -0.4 is 0 Å². The summed E-state index contributed by atoms with van der Waals surface area (Å²) >= 11 is 0.